The Hall–Kier alpha value is -2.44. The van der Waals surface area contributed by atoms with Gasteiger partial charge in [0.25, 0.3) is 0 Å². The highest BCUT2D eigenvalue weighted by molar-refractivity contribution is 5.87. The Labute approximate surface area is 152 Å². The molecule has 1 unspecified atom stereocenters. The van der Waals surface area contributed by atoms with Crippen LogP contribution in [0.5, 0.6) is 0 Å². The molecule has 0 radical (unpaired) electrons. The van der Waals surface area contributed by atoms with Crippen LogP contribution in [0, 0.1) is 11.7 Å². The molecule has 0 heterocycles. The lowest BCUT2D eigenvalue weighted by molar-refractivity contribution is -0.129. The van der Waals surface area contributed by atoms with Gasteiger partial charge in [-0.3, -0.25) is 14.4 Å². The van der Waals surface area contributed by atoms with E-state index in [0.29, 0.717) is 6.54 Å². The third-order valence-corrected chi connectivity index (χ3v) is 4.54. The van der Waals surface area contributed by atoms with Crippen LogP contribution in [-0.2, 0) is 20.8 Å². The number of rotatable bonds is 8. The predicted molar refractivity (Wildman–Crippen MR) is 95.7 cm³/mol. The van der Waals surface area contributed by atoms with Gasteiger partial charge in [-0.15, -0.1) is 0 Å². The maximum atomic E-state index is 12.8. The van der Waals surface area contributed by atoms with Gasteiger partial charge in [0.1, 0.15) is 11.9 Å². The van der Waals surface area contributed by atoms with Gasteiger partial charge in [-0.05, 0) is 36.5 Å². The standard InChI is InChI=1S/C19H26FN3O3/c1-13(24)23-18(15-4-2-3-5-15)19(26)22-11-10-21-17(25)12-14-6-8-16(20)9-7-14/h6-9,15,18H,2-5,10-12H2,1H3,(H,21,25)(H,22,26)(H,23,24). The Balaban J connectivity index is 1.71. The average molecular weight is 363 g/mol. The van der Waals surface area contributed by atoms with Crippen molar-refractivity contribution < 1.29 is 18.8 Å². The first-order valence-corrected chi connectivity index (χ1v) is 9.01. The molecule has 0 aliphatic heterocycles. The second kappa shape index (κ2) is 9.89. The van der Waals surface area contributed by atoms with E-state index in [1.165, 1.54) is 19.1 Å². The zero-order chi connectivity index (χ0) is 18.9. The number of benzene rings is 1. The summed E-state index contributed by atoms with van der Waals surface area (Å²) in [6, 6.07) is 5.25. The summed E-state index contributed by atoms with van der Waals surface area (Å²) in [7, 11) is 0. The fourth-order valence-corrected chi connectivity index (χ4v) is 3.25. The van der Waals surface area contributed by atoms with Crippen molar-refractivity contribution in [1.82, 2.24) is 16.0 Å². The maximum absolute atomic E-state index is 12.8. The topological polar surface area (TPSA) is 87.3 Å². The minimum atomic E-state index is -0.509. The Morgan fingerprint density at radius 3 is 2.31 bits per heavy atom. The van der Waals surface area contributed by atoms with Crippen LogP contribution in [0.3, 0.4) is 0 Å². The minimum Gasteiger partial charge on any atom is -0.354 e. The summed E-state index contributed by atoms with van der Waals surface area (Å²) in [4.78, 5) is 35.6. The number of nitrogens with one attached hydrogen (secondary N) is 3. The van der Waals surface area contributed by atoms with Gasteiger partial charge in [0, 0.05) is 20.0 Å². The number of hydrogen-bond donors (Lipinski definition) is 3. The molecule has 6 nitrogen and oxygen atoms in total. The molecule has 0 spiro atoms. The first-order valence-electron chi connectivity index (χ1n) is 9.01. The summed E-state index contributed by atoms with van der Waals surface area (Å²) in [5, 5.41) is 8.23. The summed E-state index contributed by atoms with van der Waals surface area (Å²) in [6.45, 7) is 1.99. The molecule has 0 aromatic heterocycles. The van der Waals surface area contributed by atoms with E-state index in [9.17, 15) is 18.8 Å². The molecule has 1 atom stereocenters. The third kappa shape index (κ3) is 6.46. The number of halogens is 1. The van der Waals surface area contributed by atoms with Gasteiger partial charge < -0.3 is 16.0 Å². The van der Waals surface area contributed by atoms with Crippen LogP contribution >= 0.6 is 0 Å². The highest BCUT2D eigenvalue weighted by Gasteiger charge is 2.30. The molecule has 0 saturated heterocycles. The molecule has 26 heavy (non-hydrogen) atoms. The summed E-state index contributed by atoms with van der Waals surface area (Å²) < 4.78 is 12.8. The van der Waals surface area contributed by atoms with Crippen LogP contribution in [0.25, 0.3) is 0 Å². The van der Waals surface area contributed by atoms with E-state index >= 15 is 0 Å². The zero-order valence-corrected chi connectivity index (χ0v) is 15.0. The van der Waals surface area contributed by atoms with Crippen molar-refractivity contribution in [1.29, 1.82) is 0 Å². The molecule has 142 valence electrons. The van der Waals surface area contributed by atoms with E-state index in [-0.39, 0.29) is 42.4 Å². The summed E-state index contributed by atoms with van der Waals surface area (Å²) in [6.07, 6.45) is 4.19. The maximum Gasteiger partial charge on any atom is 0.242 e. The lowest BCUT2D eigenvalue weighted by Gasteiger charge is -2.23. The van der Waals surface area contributed by atoms with Crippen LogP contribution in [0.2, 0.25) is 0 Å². The highest BCUT2D eigenvalue weighted by atomic mass is 19.1. The van der Waals surface area contributed by atoms with Gasteiger partial charge >= 0.3 is 0 Å². The molecule has 3 N–H and O–H groups in total. The summed E-state index contributed by atoms with van der Waals surface area (Å²) >= 11 is 0. The second-order valence-corrected chi connectivity index (χ2v) is 6.67. The van der Waals surface area contributed by atoms with Crippen LogP contribution in [0.1, 0.15) is 38.2 Å². The van der Waals surface area contributed by atoms with Gasteiger partial charge in [-0.25, -0.2) is 4.39 Å². The van der Waals surface area contributed by atoms with Gasteiger partial charge in [-0.2, -0.15) is 0 Å². The Kier molecular flexibility index (Phi) is 7.56. The lowest BCUT2D eigenvalue weighted by atomic mass is 9.97. The monoisotopic (exact) mass is 363 g/mol. The molecule has 1 fully saturated rings. The van der Waals surface area contributed by atoms with E-state index in [0.717, 1.165) is 31.2 Å². The molecule has 0 bridgehead atoms. The van der Waals surface area contributed by atoms with Crippen LogP contribution in [-0.4, -0.2) is 36.9 Å². The van der Waals surface area contributed by atoms with Gasteiger partial charge in [-0.1, -0.05) is 25.0 Å². The first-order chi connectivity index (χ1) is 12.5. The Bertz CT molecular complexity index is 627. The Morgan fingerprint density at radius 1 is 1.08 bits per heavy atom. The normalized spacial score (nSPS) is 15.3. The molecule has 1 aliphatic rings. The smallest absolute Gasteiger partial charge is 0.242 e. The third-order valence-electron chi connectivity index (χ3n) is 4.54. The highest BCUT2D eigenvalue weighted by Crippen LogP contribution is 2.27. The minimum absolute atomic E-state index is 0.158. The molecular weight excluding hydrogens is 337 g/mol. The average Bonchev–Trinajstić information content (AvgIpc) is 3.12. The van der Waals surface area contributed by atoms with E-state index in [1.807, 2.05) is 0 Å². The van der Waals surface area contributed by atoms with Crippen LogP contribution in [0.15, 0.2) is 24.3 Å². The zero-order valence-electron chi connectivity index (χ0n) is 15.0. The van der Waals surface area contributed by atoms with Gasteiger partial charge in [0.15, 0.2) is 0 Å². The number of carbonyl (C=O) groups is 3. The second-order valence-electron chi connectivity index (χ2n) is 6.67. The number of carbonyl (C=O) groups excluding carboxylic acids is 3. The van der Waals surface area contributed by atoms with Crippen molar-refractivity contribution in [2.45, 2.75) is 45.1 Å². The number of hydrogen-bond acceptors (Lipinski definition) is 3. The quantitative estimate of drug-likeness (QED) is 0.609. The van der Waals surface area contributed by atoms with Gasteiger partial charge in [0.05, 0.1) is 6.42 Å². The van der Waals surface area contributed by atoms with E-state index in [2.05, 4.69) is 16.0 Å². The van der Waals surface area contributed by atoms with Crippen molar-refractivity contribution in [3.8, 4) is 0 Å². The summed E-state index contributed by atoms with van der Waals surface area (Å²) in [5.41, 5.74) is 0.722. The molecule has 1 aliphatic carbocycles. The Morgan fingerprint density at radius 2 is 1.69 bits per heavy atom. The lowest BCUT2D eigenvalue weighted by Crippen LogP contribution is -2.51. The molecule has 1 saturated carbocycles. The molecule has 1 aromatic carbocycles. The molecule has 7 heteroatoms. The van der Waals surface area contributed by atoms with Crippen molar-refractivity contribution >= 4 is 17.7 Å². The molecule has 2 rings (SSSR count). The van der Waals surface area contributed by atoms with Crippen molar-refractivity contribution in [3.05, 3.63) is 35.6 Å². The molecular formula is C19H26FN3O3. The first kappa shape index (κ1) is 19.9. The van der Waals surface area contributed by atoms with Crippen LogP contribution in [0.4, 0.5) is 4.39 Å². The van der Waals surface area contributed by atoms with Crippen molar-refractivity contribution in [3.63, 3.8) is 0 Å². The van der Waals surface area contributed by atoms with E-state index in [1.54, 1.807) is 12.1 Å². The van der Waals surface area contributed by atoms with Crippen molar-refractivity contribution in [2.75, 3.05) is 13.1 Å². The fraction of sp³-hybridized carbons (Fsp3) is 0.526. The van der Waals surface area contributed by atoms with E-state index in [4.69, 9.17) is 0 Å². The molecule has 3 amide bonds. The van der Waals surface area contributed by atoms with Crippen LogP contribution < -0.4 is 16.0 Å². The van der Waals surface area contributed by atoms with Crippen molar-refractivity contribution in [2.24, 2.45) is 5.92 Å². The predicted octanol–water partition coefficient (Wildman–Crippen LogP) is 1.30. The fourth-order valence-electron chi connectivity index (χ4n) is 3.25. The van der Waals surface area contributed by atoms with E-state index < -0.39 is 6.04 Å². The van der Waals surface area contributed by atoms with Gasteiger partial charge in [0.2, 0.25) is 17.7 Å². The summed E-state index contributed by atoms with van der Waals surface area (Å²) in [5.74, 6) is -0.788. The largest absolute Gasteiger partial charge is 0.354 e. The number of amides is 3. The SMILES string of the molecule is CC(=O)NC(C(=O)NCCNC(=O)Cc1ccc(F)cc1)C1CCCC1. The molecule has 1 aromatic rings.